The number of piperidine rings is 1. The van der Waals surface area contributed by atoms with Crippen LogP contribution in [0, 0.1) is 12.3 Å². The predicted octanol–water partition coefficient (Wildman–Crippen LogP) is 3.00. The number of nitrogens with zero attached hydrogens (tertiary/aromatic N) is 2. The number of amides is 1. The van der Waals surface area contributed by atoms with Gasteiger partial charge in [0.25, 0.3) is 5.56 Å². The average Bonchev–Trinajstić information content (AvgIpc) is 2.47. The van der Waals surface area contributed by atoms with Crippen LogP contribution >= 0.6 is 0 Å². The minimum Gasteiger partial charge on any atom is -0.342 e. The molecule has 0 aromatic carbocycles. The van der Waals surface area contributed by atoms with Gasteiger partial charge >= 0.3 is 0 Å². The van der Waals surface area contributed by atoms with Gasteiger partial charge in [0, 0.05) is 37.7 Å². The van der Waals surface area contributed by atoms with Crippen LogP contribution in [-0.4, -0.2) is 33.9 Å². The summed E-state index contributed by atoms with van der Waals surface area (Å²) in [5.74, 6) is 0.870. The first-order valence-corrected chi connectivity index (χ1v) is 8.75. The van der Waals surface area contributed by atoms with Crippen molar-refractivity contribution < 1.29 is 4.79 Å². The number of hydrogen-bond donors (Lipinski definition) is 1. The van der Waals surface area contributed by atoms with Crippen LogP contribution in [0.4, 0.5) is 0 Å². The fourth-order valence-corrected chi connectivity index (χ4v) is 3.31. The summed E-state index contributed by atoms with van der Waals surface area (Å²) in [4.78, 5) is 32.8. The van der Waals surface area contributed by atoms with E-state index >= 15 is 0 Å². The number of H-pyrrole nitrogens is 1. The molecule has 0 bridgehead atoms. The Morgan fingerprint density at radius 2 is 2.17 bits per heavy atom. The standard InChI is InChI=1S/C19H29N3O2/c1-14(2)6-5-9-19(4)10-7-18(24)22(13-19)11-8-16-20-15(3)12-17(23)21-16/h6,12H,5,7-11,13H2,1-4H3,(H,20,21,23)/t19-/m0/s1. The van der Waals surface area contributed by atoms with Gasteiger partial charge in [-0.1, -0.05) is 18.6 Å². The van der Waals surface area contributed by atoms with E-state index in [1.165, 1.54) is 11.6 Å². The van der Waals surface area contributed by atoms with Gasteiger partial charge in [-0.3, -0.25) is 9.59 Å². The molecule has 0 spiro atoms. The first kappa shape index (κ1) is 18.4. The van der Waals surface area contributed by atoms with Gasteiger partial charge in [-0.15, -0.1) is 0 Å². The molecule has 1 fully saturated rings. The first-order valence-electron chi connectivity index (χ1n) is 8.75. The van der Waals surface area contributed by atoms with Gasteiger partial charge in [0.15, 0.2) is 0 Å². The highest BCUT2D eigenvalue weighted by Crippen LogP contribution is 2.34. The third-order valence-corrected chi connectivity index (χ3v) is 4.71. The minimum atomic E-state index is -0.131. The van der Waals surface area contributed by atoms with Gasteiger partial charge in [-0.25, -0.2) is 4.98 Å². The van der Waals surface area contributed by atoms with Crippen LogP contribution in [0.2, 0.25) is 0 Å². The molecule has 0 saturated carbocycles. The highest BCUT2D eigenvalue weighted by Gasteiger charge is 2.34. The topological polar surface area (TPSA) is 66.1 Å². The molecular weight excluding hydrogens is 302 g/mol. The summed E-state index contributed by atoms with van der Waals surface area (Å²) < 4.78 is 0. The Hall–Kier alpha value is -1.91. The number of aryl methyl sites for hydroxylation is 1. The van der Waals surface area contributed by atoms with Gasteiger partial charge in [-0.2, -0.15) is 0 Å². The Bertz CT molecular complexity index is 673. The number of rotatable bonds is 6. The van der Waals surface area contributed by atoms with Crippen LogP contribution in [0.1, 0.15) is 58.0 Å². The quantitative estimate of drug-likeness (QED) is 0.815. The Morgan fingerprint density at radius 3 is 2.83 bits per heavy atom. The number of allylic oxidation sites excluding steroid dienone is 2. The molecule has 1 atom stereocenters. The second-order valence-corrected chi connectivity index (χ2v) is 7.53. The highest BCUT2D eigenvalue weighted by molar-refractivity contribution is 5.77. The smallest absolute Gasteiger partial charge is 0.251 e. The lowest BCUT2D eigenvalue weighted by molar-refractivity contribution is -0.137. The SMILES string of the molecule is CC(C)=CCC[C@@]1(C)CCC(=O)N(CCc2nc(C)cc(=O)[nH]2)C1. The third-order valence-electron chi connectivity index (χ3n) is 4.71. The van der Waals surface area contributed by atoms with Crippen LogP contribution in [0.25, 0.3) is 0 Å². The van der Waals surface area contributed by atoms with E-state index in [0.29, 0.717) is 30.9 Å². The summed E-state index contributed by atoms with van der Waals surface area (Å²) in [5, 5.41) is 0. The van der Waals surface area contributed by atoms with Crippen molar-refractivity contribution in [3.63, 3.8) is 0 Å². The van der Waals surface area contributed by atoms with Crippen molar-refractivity contribution in [3.05, 3.63) is 39.6 Å². The molecule has 1 aromatic rings. The normalized spacial score (nSPS) is 21.0. The Kier molecular flexibility index (Phi) is 5.97. The average molecular weight is 331 g/mol. The predicted molar refractivity (Wildman–Crippen MR) is 95.9 cm³/mol. The Balaban J connectivity index is 1.96. The largest absolute Gasteiger partial charge is 0.342 e. The number of likely N-dealkylation sites (tertiary alicyclic amines) is 1. The van der Waals surface area contributed by atoms with Crippen LogP contribution in [-0.2, 0) is 11.2 Å². The van der Waals surface area contributed by atoms with Gasteiger partial charge in [0.1, 0.15) is 5.82 Å². The maximum absolute atomic E-state index is 12.2. The molecule has 1 saturated heterocycles. The van der Waals surface area contributed by atoms with Crippen molar-refractivity contribution in [1.29, 1.82) is 0 Å². The molecular formula is C19H29N3O2. The lowest BCUT2D eigenvalue weighted by Crippen LogP contribution is -2.46. The minimum absolute atomic E-state index is 0.131. The van der Waals surface area contributed by atoms with Gasteiger partial charge in [0.2, 0.25) is 5.91 Å². The summed E-state index contributed by atoms with van der Waals surface area (Å²) in [6.07, 6.45) is 6.59. The monoisotopic (exact) mass is 331 g/mol. The van der Waals surface area contributed by atoms with Crippen molar-refractivity contribution in [2.75, 3.05) is 13.1 Å². The van der Waals surface area contributed by atoms with E-state index in [-0.39, 0.29) is 16.9 Å². The zero-order valence-electron chi connectivity index (χ0n) is 15.3. The molecule has 1 N–H and O–H groups in total. The third kappa shape index (κ3) is 5.32. The number of nitrogens with one attached hydrogen (secondary N) is 1. The molecule has 1 aliphatic heterocycles. The summed E-state index contributed by atoms with van der Waals surface area (Å²) in [6, 6.07) is 1.48. The molecule has 0 radical (unpaired) electrons. The molecule has 5 heteroatoms. The molecule has 5 nitrogen and oxygen atoms in total. The summed E-state index contributed by atoms with van der Waals surface area (Å²) >= 11 is 0. The Labute approximate surface area is 144 Å². The number of carbonyl (C=O) groups excluding carboxylic acids is 1. The molecule has 2 rings (SSSR count). The summed E-state index contributed by atoms with van der Waals surface area (Å²) in [6.45, 7) is 9.73. The number of aromatic amines is 1. The van der Waals surface area contributed by atoms with Crippen LogP contribution in [0.15, 0.2) is 22.5 Å². The van der Waals surface area contributed by atoms with E-state index in [4.69, 9.17) is 0 Å². The molecule has 0 aliphatic carbocycles. The van der Waals surface area contributed by atoms with Crippen molar-refractivity contribution in [3.8, 4) is 0 Å². The number of carbonyl (C=O) groups is 1. The van der Waals surface area contributed by atoms with E-state index in [9.17, 15) is 9.59 Å². The summed E-state index contributed by atoms with van der Waals surface area (Å²) in [5.41, 5.74) is 2.10. The van der Waals surface area contributed by atoms with Crippen molar-refractivity contribution in [1.82, 2.24) is 14.9 Å². The Morgan fingerprint density at radius 1 is 1.42 bits per heavy atom. The maximum Gasteiger partial charge on any atom is 0.251 e. The number of hydrogen-bond acceptors (Lipinski definition) is 3. The van der Waals surface area contributed by atoms with Gasteiger partial charge in [0.05, 0.1) is 0 Å². The van der Waals surface area contributed by atoms with Gasteiger partial charge < -0.3 is 9.88 Å². The number of aromatic nitrogens is 2. The van der Waals surface area contributed by atoms with E-state index < -0.39 is 0 Å². The van der Waals surface area contributed by atoms with E-state index in [1.807, 2.05) is 11.8 Å². The highest BCUT2D eigenvalue weighted by atomic mass is 16.2. The van der Waals surface area contributed by atoms with E-state index in [1.54, 1.807) is 0 Å². The molecule has 2 heterocycles. The maximum atomic E-state index is 12.2. The van der Waals surface area contributed by atoms with Crippen molar-refractivity contribution >= 4 is 5.91 Å². The fraction of sp³-hybridized carbons (Fsp3) is 0.632. The van der Waals surface area contributed by atoms with E-state index in [0.717, 1.165) is 25.8 Å². The van der Waals surface area contributed by atoms with Crippen molar-refractivity contribution in [2.24, 2.45) is 5.41 Å². The molecule has 132 valence electrons. The van der Waals surface area contributed by atoms with Crippen LogP contribution in [0.5, 0.6) is 0 Å². The molecule has 1 aromatic heterocycles. The first-order chi connectivity index (χ1) is 11.3. The molecule has 1 amide bonds. The fourth-order valence-electron chi connectivity index (χ4n) is 3.31. The molecule has 1 aliphatic rings. The summed E-state index contributed by atoms with van der Waals surface area (Å²) in [7, 11) is 0. The zero-order valence-corrected chi connectivity index (χ0v) is 15.3. The molecule has 0 unspecified atom stereocenters. The second-order valence-electron chi connectivity index (χ2n) is 7.53. The zero-order chi connectivity index (χ0) is 17.7. The van der Waals surface area contributed by atoms with E-state index in [2.05, 4.69) is 36.8 Å². The van der Waals surface area contributed by atoms with Crippen LogP contribution in [0.3, 0.4) is 0 Å². The van der Waals surface area contributed by atoms with Crippen LogP contribution < -0.4 is 5.56 Å². The van der Waals surface area contributed by atoms with Gasteiger partial charge in [-0.05, 0) is 45.4 Å². The van der Waals surface area contributed by atoms with Crippen molar-refractivity contribution in [2.45, 2.75) is 59.8 Å². The second kappa shape index (κ2) is 7.77. The molecule has 24 heavy (non-hydrogen) atoms. The lowest BCUT2D eigenvalue weighted by Gasteiger charge is -2.40. The lowest BCUT2D eigenvalue weighted by atomic mass is 9.77.